The Balaban J connectivity index is 3.55. The molecule has 0 aromatic carbocycles. The number of phosphoric ester groups is 1. The number of phosphoric acid groups is 1. The summed E-state index contributed by atoms with van der Waals surface area (Å²) in [4.78, 5) is 9.73. The second-order valence-electron chi connectivity index (χ2n) is 11.5. The second kappa shape index (κ2) is 33.3. The molecule has 1 N–H and O–H groups in total. The highest BCUT2D eigenvalue weighted by molar-refractivity contribution is 7.47. The van der Waals surface area contributed by atoms with Crippen LogP contribution in [-0.4, -0.2) is 4.89 Å². The molecule has 0 unspecified atom stereocenters. The van der Waals surface area contributed by atoms with E-state index < -0.39 is 7.82 Å². The number of rotatable bonds is 32. The van der Waals surface area contributed by atoms with E-state index in [9.17, 15) is 9.46 Å². The summed E-state index contributed by atoms with van der Waals surface area (Å²) in [6, 6.07) is 0. The van der Waals surface area contributed by atoms with Gasteiger partial charge in [-0.1, -0.05) is 179 Å². The molecule has 0 aliphatic carbocycles. The molecule has 0 aliphatic rings. The maximum Gasteiger partial charge on any atom is 0.583 e. The standard InChI is InChI=1S/C36H67O4P/c1-3-5-7-9-11-13-15-17-19-21-23-25-27-29-31-33-35-39-41(37,38)40-36-34-32-30-28-26-24-22-20-18-16-14-12-10-8-6-4-2/h29-36H,3-28H2,1-2H3,(H,37,38)/b31-29+,32-30+,35-33+,36-34+. The summed E-state index contributed by atoms with van der Waals surface area (Å²) in [6.07, 6.45) is 48.0. The zero-order chi connectivity index (χ0) is 30.0. The van der Waals surface area contributed by atoms with Gasteiger partial charge in [0.25, 0.3) is 0 Å². The van der Waals surface area contributed by atoms with Gasteiger partial charge in [-0.2, -0.15) is 0 Å². The molecule has 0 saturated heterocycles. The lowest BCUT2D eigenvalue weighted by Gasteiger charge is -2.06. The molecule has 0 fully saturated rings. The summed E-state index contributed by atoms with van der Waals surface area (Å²) in [7, 11) is -4.11. The SMILES string of the molecule is CCCCCCCCCCCCCC/C=C/C=C/OP(=O)(O)O/C=C/C=C/CCCCCCCCCCCCCC. The van der Waals surface area contributed by atoms with Gasteiger partial charge < -0.3 is 9.05 Å². The summed E-state index contributed by atoms with van der Waals surface area (Å²) >= 11 is 0. The van der Waals surface area contributed by atoms with Crippen molar-refractivity contribution in [2.45, 2.75) is 181 Å². The monoisotopic (exact) mass is 594 g/mol. The normalized spacial score (nSPS) is 12.6. The van der Waals surface area contributed by atoms with Gasteiger partial charge >= 0.3 is 7.82 Å². The molecule has 0 radical (unpaired) electrons. The Morgan fingerprint density at radius 1 is 0.439 bits per heavy atom. The Morgan fingerprint density at radius 3 is 1.00 bits per heavy atom. The van der Waals surface area contributed by atoms with Crippen LogP contribution in [0.3, 0.4) is 0 Å². The molecule has 0 aromatic heterocycles. The second-order valence-corrected chi connectivity index (χ2v) is 12.9. The van der Waals surface area contributed by atoms with Gasteiger partial charge in [0, 0.05) is 0 Å². The van der Waals surface area contributed by atoms with E-state index in [2.05, 4.69) is 26.0 Å². The predicted molar refractivity (Wildman–Crippen MR) is 180 cm³/mol. The highest BCUT2D eigenvalue weighted by atomic mass is 31.2. The molecule has 0 atom stereocenters. The smallest absolute Gasteiger partial charge is 0.403 e. The van der Waals surface area contributed by atoms with Crippen molar-refractivity contribution in [2.24, 2.45) is 0 Å². The van der Waals surface area contributed by atoms with Crippen molar-refractivity contribution in [2.75, 3.05) is 0 Å². The van der Waals surface area contributed by atoms with Crippen LogP contribution < -0.4 is 0 Å². The zero-order valence-corrected chi connectivity index (χ0v) is 28.0. The largest absolute Gasteiger partial charge is 0.583 e. The van der Waals surface area contributed by atoms with Crippen molar-refractivity contribution in [3.63, 3.8) is 0 Å². The maximum atomic E-state index is 11.9. The van der Waals surface area contributed by atoms with Gasteiger partial charge in [0.1, 0.15) is 0 Å². The predicted octanol–water partition coefficient (Wildman–Crippen LogP) is 13.4. The molecule has 0 aliphatic heterocycles. The lowest BCUT2D eigenvalue weighted by atomic mass is 10.0. The molecule has 240 valence electrons. The van der Waals surface area contributed by atoms with E-state index in [-0.39, 0.29) is 0 Å². The van der Waals surface area contributed by atoms with Gasteiger partial charge in [0.15, 0.2) is 0 Å². The lowest BCUT2D eigenvalue weighted by Crippen LogP contribution is -1.83. The van der Waals surface area contributed by atoms with E-state index in [1.54, 1.807) is 12.2 Å². The Morgan fingerprint density at radius 2 is 0.707 bits per heavy atom. The number of hydrogen-bond acceptors (Lipinski definition) is 3. The Kier molecular flexibility index (Phi) is 32.2. The van der Waals surface area contributed by atoms with Gasteiger partial charge in [0.05, 0.1) is 12.5 Å². The first-order valence-corrected chi connectivity index (χ1v) is 18.9. The lowest BCUT2D eigenvalue weighted by molar-refractivity contribution is 0.244. The third-order valence-corrected chi connectivity index (χ3v) is 8.26. The zero-order valence-electron chi connectivity index (χ0n) is 27.1. The van der Waals surface area contributed by atoms with Crippen LogP contribution in [0.5, 0.6) is 0 Å². The molecule has 0 heterocycles. The molecule has 0 saturated carbocycles. The van der Waals surface area contributed by atoms with E-state index >= 15 is 0 Å². The maximum absolute atomic E-state index is 11.9. The van der Waals surface area contributed by atoms with Crippen molar-refractivity contribution >= 4 is 7.82 Å². The first-order chi connectivity index (χ1) is 20.1. The Labute approximate surface area is 255 Å². The summed E-state index contributed by atoms with van der Waals surface area (Å²) in [5, 5.41) is 0. The van der Waals surface area contributed by atoms with Crippen LogP contribution >= 0.6 is 7.82 Å². The highest BCUT2D eigenvalue weighted by Gasteiger charge is 2.19. The van der Waals surface area contributed by atoms with E-state index in [0.29, 0.717) is 0 Å². The third kappa shape index (κ3) is 34.9. The molecule has 0 spiro atoms. The van der Waals surface area contributed by atoms with Crippen molar-refractivity contribution in [3.8, 4) is 0 Å². The van der Waals surface area contributed by atoms with E-state index in [0.717, 1.165) is 12.8 Å². The van der Waals surface area contributed by atoms with Crippen molar-refractivity contribution < 1.29 is 18.5 Å². The van der Waals surface area contributed by atoms with Crippen LogP contribution in [0.1, 0.15) is 181 Å². The summed E-state index contributed by atoms with van der Waals surface area (Å²) in [5.41, 5.74) is 0. The average molecular weight is 595 g/mol. The van der Waals surface area contributed by atoms with Crippen LogP contribution in [0.25, 0.3) is 0 Å². The minimum atomic E-state index is -4.11. The fraction of sp³-hybridized carbons (Fsp3) is 0.778. The summed E-state index contributed by atoms with van der Waals surface area (Å²) in [5.74, 6) is 0. The highest BCUT2D eigenvalue weighted by Crippen LogP contribution is 2.43. The minimum Gasteiger partial charge on any atom is -0.403 e. The third-order valence-electron chi connectivity index (χ3n) is 7.49. The van der Waals surface area contributed by atoms with Crippen molar-refractivity contribution in [1.29, 1.82) is 0 Å². The van der Waals surface area contributed by atoms with Gasteiger partial charge in [0.2, 0.25) is 0 Å². The van der Waals surface area contributed by atoms with Gasteiger partial charge in [-0.25, -0.2) is 4.57 Å². The van der Waals surface area contributed by atoms with Crippen LogP contribution in [0, 0.1) is 0 Å². The molecule has 0 aromatic rings. The van der Waals surface area contributed by atoms with Crippen molar-refractivity contribution in [1.82, 2.24) is 0 Å². The van der Waals surface area contributed by atoms with E-state index in [1.165, 1.54) is 167 Å². The molecule has 4 nitrogen and oxygen atoms in total. The van der Waals surface area contributed by atoms with E-state index in [1.807, 2.05) is 12.2 Å². The number of unbranched alkanes of at least 4 members (excludes halogenated alkanes) is 24. The number of hydrogen-bond donors (Lipinski definition) is 1. The van der Waals surface area contributed by atoms with Crippen LogP contribution in [0.4, 0.5) is 0 Å². The minimum absolute atomic E-state index is 1.02. The molecule has 5 heteroatoms. The summed E-state index contributed by atoms with van der Waals surface area (Å²) in [6.45, 7) is 4.54. The molecule has 41 heavy (non-hydrogen) atoms. The first kappa shape index (κ1) is 39.8. The Hall–Kier alpha value is -1.25. The Bertz CT molecular complexity index is 629. The van der Waals surface area contributed by atoms with Gasteiger partial charge in [-0.3, -0.25) is 4.89 Å². The van der Waals surface area contributed by atoms with Crippen LogP contribution in [0.15, 0.2) is 49.0 Å². The first-order valence-electron chi connectivity index (χ1n) is 17.4. The summed E-state index contributed by atoms with van der Waals surface area (Å²) < 4.78 is 21.6. The molecule has 0 amide bonds. The fourth-order valence-electron chi connectivity index (χ4n) is 4.90. The van der Waals surface area contributed by atoms with Crippen LogP contribution in [-0.2, 0) is 13.6 Å². The molecule has 0 rings (SSSR count). The van der Waals surface area contributed by atoms with E-state index in [4.69, 9.17) is 9.05 Å². The topological polar surface area (TPSA) is 55.8 Å². The van der Waals surface area contributed by atoms with Crippen molar-refractivity contribution in [3.05, 3.63) is 49.0 Å². The molecule has 0 bridgehead atoms. The quantitative estimate of drug-likeness (QED) is 0.0364. The van der Waals surface area contributed by atoms with Gasteiger partial charge in [-0.15, -0.1) is 0 Å². The molecular formula is C36H67O4P. The van der Waals surface area contributed by atoms with Crippen LogP contribution in [0.2, 0.25) is 0 Å². The molecular weight excluding hydrogens is 527 g/mol. The fourth-order valence-corrected chi connectivity index (χ4v) is 5.39. The average Bonchev–Trinajstić information content (AvgIpc) is 2.96. The number of allylic oxidation sites excluding steroid dienone is 6. The van der Waals surface area contributed by atoms with Gasteiger partial charge in [-0.05, 0) is 37.8 Å².